The van der Waals surface area contributed by atoms with E-state index in [2.05, 4.69) is 75.7 Å². The van der Waals surface area contributed by atoms with Gasteiger partial charge in [-0.2, -0.15) is 0 Å². The smallest absolute Gasteiger partial charge is 0.123 e. The van der Waals surface area contributed by atoms with Crippen molar-refractivity contribution in [3.05, 3.63) is 77.6 Å². The van der Waals surface area contributed by atoms with Crippen LogP contribution in [0, 0.1) is 23.1 Å². The molecule has 0 amide bonds. The van der Waals surface area contributed by atoms with Crippen LogP contribution in [0.25, 0.3) is 0 Å². The van der Waals surface area contributed by atoms with E-state index in [4.69, 9.17) is 4.74 Å². The average molecular weight is 438 g/mol. The van der Waals surface area contributed by atoms with Crippen molar-refractivity contribution in [2.45, 2.75) is 53.1 Å². The molecule has 2 aromatic rings. The number of nitrogens with zero attached hydrogens (tertiary/aromatic N) is 1. The highest BCUT2D eigenvalue weighted by Crippen LogP contribution is 2.26. The molecule has 0 N–H and O–H groups in total. The molecule has 31 heavy (non-hydrogen) atoms. The predicted octanol–water partition coefficient (Wildman–Crippen LogP) is 6.40. The molecule has 1 unspecified atom stereocenters. The zero-order chi connectivity index (χ0) is 22.9. The molecule has 0 aliphatic rings. The Labute approximate surface area is 189 Å². The first-order valence-electron chi connectivity index (χ1n) is 11.1. The normalized spacial score (nSPS) is 12.8. The second-order valence-electron chi connectivity index (χ2n) is 9.23. The Bertz CT molecular complexity index is 903. The molecule has 0 aromatic heterocycles. The Morgan fingerprint density at radius 2 is 1.84 bits per heavy atom. The summed E-state index contributed by atoms with van der Waals surface area (Å²) < 4.78 is 19.7. The topological polar surface area (TPSA) is 12.5 Å². The van der Waals surface area contributed by atoms with Gasteiger partial charge in [0.1, 0.15) is 17.3 Å². The highest BCUT2D eigenvalue weighted by Gasteiger charge is 2.19. The molecular weight excluding hydrogens is 401 g/mol. The molecular formula is C27H36FNOSi. The lowest BCUT2D eigenvalue weighted by atomic mass is 9.98. The van der Waals surface area contributed by atoms with E-state index in [0.29, 0.717) is 0 Å². The quantitative estimate of drug-likeness (QED) is 0.332. The van der Waals surface area contributed by atoms with Crippen molar-refractivity contribution in [1.82, 2.24) is 4.90 Å². The van der Waals surface area contributed by atoms with Gasteiger partial charge >= 0.3 is 0 Å². The van der Waals surface area contributed by atoms with E-state index in [9.17, 15) is 4.39 Å². The lowest BCUT2D eigenvalue weighted by Gasteiger charge is -2.23. The van der Waals surface area contributed by atoms with Crippen LogP contribution in [0.4, 0.5) is 4.39 Å². The minimum atomic E-state index is -1.16. The highest BCUT2D eigenvalue weighted by atomic mass is 28.3. The number of halogens is 1. The van der Waals surface area contributed by atoms with Crippen LogP contribution >= 0.6 is 0 Å². The number of hydrogen-bond acceptors (Lipinski definition) is 2. The van der Waals surface area contributed by atoms with E-state index in [1.165, 1.54) is 17.7 Å². The van der Waals surface area contributed by atoms with Crippen molar-refractivity contribution in [3.8, 4) is 17.6 Å². The fourth-order valence-corrected chi connectivity index (χ4v) is 4.61. The number of allylic oxidation sites excluding steroid dienone is 1. The Hall–Kier alpha value is -2.35. The third-order valence-corrected chi connectivity index (χ3v) is 6.56. The van der Waals surface area contributed by atoms with Crippen molar-refractivity contribution in [1.29, 1.82) is 0 Å². The van der Waals surface area contributed by atoms with Gasteiger partial charge in [0, 0.05) is 18.5 Å². The van der Waals surface area contributed by atoms with Crippen LogP contribution < -0.4 is 4.74 Å². The molecule has 0 aliphatic heterocycles. The van der Waals surface area contributed by atoms with Gasteiger partial charge in [0.25, 0.3) is 0 Å². The number of hydrogen-bond donors (Lipinski definition) is 0. The van der Waals surface area contributed by atoms with Crippen molar-refractivity contribution in [2.24, 2.45) is 5.41 Å². The standard InChI is InChI=1S/C27H36FNOSi/c1-7-29(19-10-8-9-18-27(2,3)4)21-22-12-11-13-25(20-22)30-26(31(5)6)23-14-16-24(28)17-15-23/h8,10-17,20,26,31H,7,19,21H2,1-6H3/b10-8+. The van der Waals surface area contributed by atoms with Gasteiger partial charge in [-0.3, -0.25) is 4.90 Å². The van der Waals surface area contributed by atoms with Gasteiger partial charge in [-0.05, 0) is 68.8 Å². The summed E-state index contributed by atoms with van der Waals surface area (Å²) in [6, 6.07) is 15.0. The third kappa shape index (κ3) is 9.12. The van der Waals surface area contributed by atoms with Crippen LogP contribution in [0.15, 0.2) is 60.7 Å². The van der Waals surface area contributed by atoms with Crippen LogP contribution in [0.3, 0.4) is 0 Å². The molecule has 1 atom stereocenters. The summed E-state index contributed by atoms with van der Waals surface area (Å²) in [4.78, 5) is 2.36. The molecule has 2 nitrogen and oxygen atoms in total. The van der Waals surface area contributed by atoms with Crippen LogP contribution in [-0.4, -0.2) is 26.8 Å². The molecule has 0 radical (unpaired) electrons. The lowest BCUT2D eigenvalue weighted by Crippen LogP contribution is -2.23. The summed E-state index contributed by atoms with van der Waals surface area (Å²) in [6.07, 6.45) is 4.07. The summed E-state index contributed by atoms with van der Waals surface area (Å²) in [5.74, 6) is 7.01. The average Bonchev–Trinajstić information content (AvgIpc) is 2.71. The molecule has 0 bridgehead atoms. The van der Waals surface area contributed by atoms with Gasteiger partial charge < -0.3 is 4.74 Å². The lowest BCUT2D eigenvalue weighted by molar-refractivity contribution is 0.278. The second-order valence-corrected chi connectivity index (χ2v) is 12.3. The maximum Gasteiger partial charge on any atom is 0.123 e. The largest absolute Gasteiger partial charge is 0.490 e. The van der Waals surface area contributed by atoms with Gasteiger partial charge in [0.05, 0.1) is 8.80 Å². The van der Waals surface area contributed by atoms with Gasteiger partial charge in [0.15, 0.2) is 0 Å². The Kier molecular flexibility index (Phi) is 9.55. The summed E-state index contributed by atoms with van der Waals surface area (Å²) in [7, 11) is -1.16. The first-order valence-corrected chi connectivity index (χ1v) is 14.1. The second kappa shape index (κ2) is 11.9. The summed E-state index contributed by atoms with van der Waals surface area (Å²) >= 11 is 0. The van der Waals surface area contributed by atoms with E-state index in [1.807, 2.05) is 30.3 Å². The fraction of sp³-hybridized carbons (Fsp3) is 0.407. The minimum absolute atomic E-state index is 0.0162. The van der Waals surface area contributed by atoms with E-state index in [-0.39, 0.29) is 17.0 Å². The van der Waals surface area contributed by atoms with E-state index in [1.54, 1.807) is 0 Å². The first kappa shape index (κ1) is 24.9. The first-order chi connectivity index (χ1) is 14.7. The van der Waals surface area contributed by atoms with Crippen molar-refractivity contribution in [2.75, 3.05) is 13.1 Å². The summed E-state index contributed by atoms with van der Waals surface area (Å²) in [6.45, 7) is 15.7. The van der Waals surface area contributed by atoms with Crippen LogP contribution in [-0.2, 0) is 6.54 Å². The van der Waals surface area contributed by atoms with Crippen molar-refractivity contribution < 1.29 is 9.13 Å². The van der Waals surface area contributed by atoms with Gasteiger partial charge in [0.2, 0.25) is 0 Å². The van der Waals surface area contributed by atoms with E-state index >= 15 is 0 Å². The molecule has 2 aromatic carbocycles. The van der Waals surface area contributed by atoms with E-state index in [0.717, 1.165) is 30.9 Å². The van der Waals surface area contributed by atoms with Gasteiger partial charge in [-0.25, -0.2) is 4.39 Å². The van der Waals surface area contributed by atoms with Crippen LogP contribution in [0.5, 0.6) is 5.75 Å². The maximum absolute atomic E-state index is 13.3. The monoisotopic (exact) mass is 437 g/mol. The molecule has 2 rings (SSSR count). The van der Waals surface area contributed by atoms with Crippen molar-refractivity contribution in [3.63, 3.8) is 0 Å². The zero-order valence-corrected chi connectivity index (χ0v) is 20.9. The van der Waals surface area contributed by atoms with Crippen LogP contribution in [0.1, 0.15) is 44.5 Å². The molecule has 0 saturated heterocycles. The van der Waals surface area contributed by atoms with Gasteiger partial charge in [-0.1, -0.05) is 62.2 Å². The zero-order valence-electron chi connectivity index (χ0n) is 19.8. The molecule has 0 aliphatic carbocycles. The summed E-state index contributed by atoms with van der Waals surface area (Å²) in [5.41, 5.74) is 2.31. The maximum atomic E-state index is 13.3. The van der Waals surface area contributed by atoms with Crippen LogP contribution in [0.2, 0.25) is 13.1 Å². The SMILES string of the molecule is CCN(C/C=C/C#CC(C)(C)C)Cc1cccc(OC(c2ccc(F)cc2)[SiH](C)C)c1. The molecule has 166 valence electrons. The molecule has 4 heteroatoms. The fourth-order valence-electron chi connectivity index (χ4n) is 3.19. The molecule has 0 heterocycles. The number of benzene rings is 2. The Morgan fingerprint density at radius 3 is 2.45 bits per heavy atom. The molecule has 0 saturated carbocycles. The number of ether oxygens (including phenoxy) is 1. The molecule has 0 spiro atoms. The predicted molar refractivity (Wildman–Crippen MR) is 132 cm³/mol. The van der Waals surface area contributed by atoms with E-state index < -0.39 is 8.80 Å². The molecule has 0 fully saturated rings. The number of likely N-dealkylation sites (N-methyl/N-ethyl adjacent to an activating group) is 1. The Morgan fingerprint density at radius 1 is 1.13 bits per heavy atom. The van der Waals surface area contributed by atoms with Gasteiger partial charge in [-0.15, -0.1) is 0 Å². The highest BCUT2D eigenvalue weighted by molar-refractivity contribution is 6.57. The Balaban J connectivity index is 2.04. The third-order valence-electron chi connectivity index (χ3n) is 4.83. The minimum Gasteiger partial charge on any atom is -0.490 e. The summed E-state index contributed by atoms with van der Waals surface area (Å²) in [5, 5.41) is 0. The number of rotatable bonds is 9. The van der Waals surface area contributed by atoms with Crippen molar-refractivity contribution >= 4 is 8.80 Å².